The third kappa shape index (κ3) is 12.1. The fourth-order valence-electron chi connectivity index (χ4n) is 4.73. The van der Waals surface area contributed by atoms with E-state index < -0.39 is 122 Å². The summed E-state index contributed by atoms with van der Waals surface area (Å²) in [6.07, 6.45) is -16.3. The Morgan fingerprint density at radius 3 is 1.11 bits per heavy atom. The van der Waals surface area contributed by atoms with Gasteiger partial charge in [-0.05, 0) is 0 Å². The van der Waals surface area contributed by atoms with Crippen molar-refractivity contribution in [3.8, 4) is 0 Å². The van der Waals surface area contributed by atoms with E-state index in [4.69, 9.17) is 52.1 Å². The Bertz CT molecular complexity index is 1200. The summed E-state index contributed by atoms with van der Waals surface area (Å²) < 4.78 is 60.2. The van der Waals surface area contributed by atoms with Crippen LogP contribution in [0.25, 0.3) is 0 Å². The molecule has 0 radical (unpaired) electrons. The van der Waals surface area contributed by atoms with Crippen molar-refractivity contribution in [2.45, 2.75) is 117 Å². The highest BCUT2D eigenvalue weighted by Crippen LogP contribution is 2.35. The molecule has 19 nitrogen and oxygen atoms in total. The number of hydrogen-bond acceptors (Lipinski definition) is 19. The number of rotatable bonds is 12. The molecule has 2 aliphatic heterocycles. The van der Waals surface area contributed by atoms with Crippen molar-refractivity contribution in [3.63, 3.8) is 0 Å². The molecule has 2 fully saturated rings. The Morgan fingerprint density at radius 2 is 0.702 bits per heavy atom. The summed E-state index contributed by atoms with van der Waals surface area (Å²) in [6, 6.07) is 0. The van der Waals surface area contributed by atoms with Crippen LogP contribution in [0.1, 0.15) is 55.4 Å². The van der Waals surface area contributed by atoms with E-state index in [0.717, 1.165) is 55.4 Å². The maximum Gasteiger partial charge on any atom is 0.305 e. The molecule has 2 aliphatic rings. The van der Waals surface area contributed by atoms with Crippen LogP contribution in [0.15, 0.2) is 0 Å². The van der Waals surface area contributed by atoms with E-state index in [1.165, 1.54) is 0 Å². The monoisotopic (exact) mass is 678 g/mol. The average Bonchev–Trinajstić information content (AvgIpc) is 2.91. The standard InChI is InChI=1S/C28H38O19/c1-11(29)37-9-19-21(39-13(3)31)23(40-14(4)32)26(43-17(7)35)28(46-19)47-22-20(10-38-12(2)30)45-27(44-18(8)36)25(42-16(6)34)24(22)41-15(5)33/h19-28H,9-10H2,1-8H3/t19?,20-,21-,22?,23?,24+,25?,26-,27-,28+/m1/s1. The molecule has 0 saturated carbocycles. The number of esters is 8. The summed E-state index contributed by atoms with van der Waals surface area (Å²) in [4.78, 5) is 96.3. The highest BCUT2D eigenvalue weighted by Gasteiger charge is 2.58. The minimum absolute atomic E-state index is 0.590. The van der Waals surface area contributed by atoms with Gasteiger partial charge in [-0.2, -0.15) is 0 Å². The molecule has 19 heteroatoms. The van der Waals surface area contributed by atoms with Crippen LogP contribution in [0.4, 0.5) is 0 Å². The summed E-state index contributed by atoms with van der Waals surface area (Å²) in [6.45, 7) is 7.05. The molecule has 2 saturated heterocycles. The lowest BCUT2D eigenvalue weighted by atomic mass is 9.96. The Labute approximate surface area is 268 Å². The van der Waals surface area contributed by atoms with Crippen LogP contribution in [0, 0.1) is 0 Å². The van der Waals surface area contributed by atoms with Gasteiger partial charge in [0.15, 0.2) is 30.7 Å². The minimum atomic E-state index is -1.83. The largest absolute Gasteiger partial charge is 0.463 e. The number of hydrogen-bond donors (Lipinski definition) is 0. The predicted molar refractivity (Wildman–Crippen MR) is 145 cm³/mol. The Hall–Kier alpha value is -4.36. The van der Waals surface area contributed by atoms with Crippen LogP contribution in [0.2, 0.25) is 0 Å². The summed E-state index contributed by atoms with van der Waals surface area (Å²) >= 11 is 0. The first kappa shape index (κ1) is 38.8. The molecular formula is C28H38O19. The van der Waals surface area contributed by atoms with Gasteiger partial charge < -0.3 is 52.1 Å². The van der Waals surface area contributed by atoms with Gasteiger partial charge in [0.2, 0.25) is 12.4 Å². The summed E-state index contributed by atoms with van der Waals surface area (Å²) in [5.74, 6) is -7.02. The van der Waals surface area contributed by atoms with Crippen LogP contribution < -0.4 is 0 Å². The van der Waals surface area contributed by atoms with Crippen LogP contribution in [0.3, 0.4) is 0 Å². The second kappa shape index (κ2) is 17.5. The SMILES string of the molecule is CC(=O)OCC1O[C@@H](OC2[C@H](OC(C)=O)C(OC(C)=O)[C@H](OC(C)=O)O[C@@H]2COC(C)=O)[C@H](OC(C)=O)C(OC(C)=O)[C@@H]1OC(C)=O. The average molecular weight is 679 g/mol. The molecule has 0 aromatic heterocycles. The van der Waals surface area contributed by atoms with Crippen LogP contribution in [-0.4, -0.2) is 122 Å². The topological polar surface area (TPSA) is 238 Å². The first-order chi connectivity index (χ1) is 21.9. The van der Waals surface area contributed by atoms with Gasteiger partial charge in [0, 0.05) is 55.4 Å². The number of carbonyl (C=O) groups is 8. The zero-order valence-corrected chi connectivity index (χ0v) is 26.9. The van der Waals surface area contributed by atoms with E-state index >= 15 is 0 Å². The molecule has 0 spiro atoms. The second-order valence-corrected chi connectivity index (χ2v) is 10.3. The van der Waals surface area contributed by atoms with E-state index in [9.17, 15) is 38.4 Å². The molecule has 4 unspecified atom stereocenters. The summed E-state index contributed by atoms with van der Waals surface area (Å²) in [5, 5.41) is 0. The molecule has 0 aliphatic carbocycles. The summed E-state index contributed by atoms with van der Waals surface area (Å²) in [7, 11) is 0. The lowest BCUT2D eigenvalue weighted by Crippen LogP contribution is -2.67. The first-order valence-corrected chi connectivity index (χ1v) is 14.2. The van der Waals surface area contributed by atoms with Gasteiger partial charge >= 0.3 is 47.8 Å². The van der Waals surface area contributed by atoms with Crippen molar-refractivity contribution in [2.24, 2.45) is 0 Å². The van der Waals surface area contributed by atoms with Gasteiger partial charge in [-0.25, -0.2) is 0 Å². The van der Waals surface area contributed by atoms with Crippen molar-refractivity contribution in [1.29, 1.82) is 0 Å². The minimum Gasteiger partial charge on any atom is -0.463 e. The zero-order chi connectivity index (χ0) is 35.6. The molecule has 10 atom stereocenters. The van der Waals surface area contributed by atoms with Gasteiger partial charge in [0.05, 0.1) is 0 Å². The highest BCUT2D eigenvalue weighted by atomic mass is 16.8. The third-order valence-corrected chi connectivity index (χ3v) is 6.17. The van der Waals surface area contributed by atoms with Crippen molar-refractivity contribution >= 4 is 47.8 Å². The molecule has 2 rings (SSSR count). The lowest BCUT2D eigenvalue weighted by Gasteiger charge is -2.48. The maximum atomic E-state index is 12.3. The first-order valence-electron chi connectivity index (χ1n) is 14.2. The van der Waals surface area contributed by atoms with E-state index in [0.29, 0.717) is 0 Å². The molecule has 47 heavy (non-hydrogen) atoms. The Morgan fingerprint density at radius 1 is 0.383 bits per heavy atom. The van der Waals surface area contributed by atoms with Crippen molar-refractivity contribution in [3.05, 3.63) is 0 Å². The third-order valence-electron chi connectivity index (χ3n) is 6.17. The van der Waals surface area contributed by atoms with Gasteiger partial charge in [-0.3, -0.25) is 38.4 Å². The van der Waals surface area contributed by atoms with Gasteiger partial charge in [0.1, 0.15) is 31.5 Å². The molecule has 264 valence electrons. The Kier molecular flexibility index (Phi) is 14.5. The number of ether oxygens (including phenoxy) is 11. The van der Waals surface area contributed by atoms with Crippen molar-refractivity contribution in [2.75, 3.05) is 13.2 Å². The van der Waals surface area contributed by atoms with Gasteiger partial charge in [-0.15, -0.1) is 0 Å². The van der Waals surface area contributed by atoms with Crippen LogP contribution >= 0.6 is 0 Å². The lowest BCUT2D eigenvalue weighted by molar-refractivity contribution is -0.357. The molecule has 0 amide bonds. The second-order valence-electron chi connectivity index (χ2n) is 10.3. The van der Waals surface area contributed by atoms with E-state index in [-0.39, 0.29) is 0 Å². The Balaban J connectivity index is 2.73. The molecule has 0 N–H and O–H groups in total. The fraction of sp³-hybridized carbons (Fsp3) is 0.714. The molecule has 0 bridgehead atoms. The molecule has 0 aromatic carbocycles. The normalized spacial score (nSPS) is 30.0. The molecular weight excluding hydrogens is 640 g/mol. The van der Waals surface area contributed by atoms with Crippen molar-refractivity contribution < 1.29 is 90.5 Å². The molecule has 2 heterocycles. The quantitative estimate of drug-likeness (QED) is 0.181. The smallest absolute Gasteiger partial charge is 0.305 e. The van der Waals surface area contributed by atoms with E-state index in [2.05, 4.69) is 0 Å². The molecule has 0 aromatic rings. The van der Waals surface area contributed by atoms with E-state index in [1.54, 1.807) is 0 Å². The predicted octanol–water partition coefficient (Wildman–Crippen LogP) is -0.831. The van der Waals surface area contributed by atoms with Crippen LogP contribution in [-0.2, 0) is 90.5 Å². The summed E-state index contributed by atoms with van der Waals surface area (Å²) in [5.41, 5.74) is 0. The van der Waals surface area contributed by atoms with Crippen molar-refractivity contribution in [1.82, 2.24) is 0 Å². The fourth-order valence-corrected chi connectivity index (χ4v) is 4.73. The van der Waals surface area contributed by atoms with E-state index in [1.807, 2.05) is 0 Å². The van der Waals surface area contributed by atoms with Gasteiger partial charge in [0.25, 0.3) is 0 Å². The highest BCUT2D eigenvalue weighted by molar-refractivity contribution is 5.70. The zero-order valence-electron chi connectivity index (χ0n) is 26.9. The maximum absolute atomic E-state index is 12.3. The van der Waals surface area contributed by atoms with Crippen LogP contribution in [0.5, 0.6) is 0 Å². The number of carbonyl (C=O) groups excluding carboxylic acids is 8. The van der Waals surface area contributed by atoms with Gasteiger partial charge in [-0.1, -0.05) is 0 Å².